The molecule has 1 atom stereocenters. The van der Waals surface area contributed by atoms with Crippen LogP contribution in [0.25, 0.3) is 0 Å². The van der Waals surface area contributed by atoms with Crippen LogP contribution in [0.5, 0.6) is 5.88 Å². The zero-order valence-corrected chi connectivity index (χ0v) is 13.6. The Bertz CT molecular complexity index is 567. The smallest absolute Gasteiger partial charge is 0.228 e. The lowest BCUT2D eigenvalue weighted by Crippen LogP contribution is -2.49. The van der Waals surface area contributed by atoms with E-state index < -0.39 is 0 Å². The summed E-state index contributed by atoms with van der Waals surface area (Å²) in [6, 6.07) is 1.77. The van der Waals surface area contributed by atoms with Crippen LogP contribution in [0.1, 0.15) is 26.2 Å². The second kappa shape index (κ2) is 7.44. The number of ether oxygens (including phenoxy) is 1. The van der Waals surface area contributed by atoms with E-state index in [9.17, 15) is 4.79 Å². The molecule has 1 aliphatic heterocycles. The topological polar surface area (TPSA) is 58.6 Å². The molecule has 0 spiro atoms. The molecule has 23 heavy (non-hydrogen) atoms. The maximum Gasteiger partial charge on any atom is 0.228 e. The van der Waals surface area contributed by atoms with Gasteiger partial charge >= 0.3 is 0 Å². The third kappa shape index (κ3) is 4.00. The second-order valence-corrected chi connectivity index (χ2v) is 5.97. The number of hydrogen-bond acceptors (Lipinski definition) is 5. The zero-order chi connectivity index (χ0) is 16.1. The van der Waals surface area contributed by atoms with E-state index in [0.29, 0.717) is 30.8 Å². The molecule has 2 heterocycles. The first kappa shape index (κ1) is 15.8. The van der Waals surface area contributed by atoms with Crippen LogP contribution >= 0.6 is 0 Å². The third-order valence-corrected chi connectivity index (χ3v) is 4.37. The molecule has 0 bridgehead atoms. The zero-order valence-electron chi connectivity index (χ0n) is 13.6. The molecule has 1 aliphatic carbocycles. The summed E-state index contributed by atoms with van der Waals surface area (Å²) in [5.74, 6) is 1.99. The first-order valence-electron chi connectivity index (χ1n) is 8.41. The predicted molar refractivity (Wildman–Crippen MR) is 88.5 cm³/mol. The van der Waals surface area contributed by atoms with Gasteiger partial charge in [0.2, 0.25) is 17.7 Å². The Hall–Kier alpha value is -2.11. The number of allylic oxidation sites excluding steroid dienone is 2. The van der Waals surface area contributed by atoms with Crippen LogP contribution in [-0.4, -0.2) is 53.6 Å². The van der Waals surface area contributed by atoms with Crippen LogP contribution in [-0.2, 0) is 4.79 Å². The molecule has 0 N–H and O–H groups in total. The summed E-state index contributed by atoms with van der Waals surface area (Å²) >= 11 is 0. The molecule has 2 aliphatic rings. The largest absolute Gasteiger partial charge is 0.478 e. The molecule has 3 rings (SSSR count). The fourth-order valence-electron chi connectivity index (χ4n) is 3.09. The van der Waals surface area contributed by atoms with Crippen molar-refractivity contribution >= 4 is 11.9 Å². The highest BCUT2D eigenvalue weighted by molar-refractivity contribution is 5.77. The molecule has 1 amide bonds. The van der Waals surface area contributed by atoms with Crippen molar-refractivity contribution in [3.8, 4) is 5.88 Å². The number of aromatic nitrogens is 2. The molecule has 0 radical (unpaired) electrons. The van der Waals surface area contributed by atoms with Crippen LogP contribution < -0.4 is 9.64 Å². The first-order chi connectivity index (χ1) is 11.3. The van der Waals surface area contributed by atoms with E-state index in [1.807, 2.05) is 11.8 Å². The monoisotopic (exact) mass is 316 g/mol. The second-order valence-electron chi connectivity index (χ2n) is 5.97. The molecule has 1 saturated heterocycles. The average Bonchev–Trinajstić information content (AvgIpc) is 3.08. The van der Waals surface area contributed by atoms with Crippen LogP contribution in [0, 0.1) is 5.92 Å². The van der Waals surface area contributed by atoms with E-state index in [2.05, 4.69) is 27.0 Å². The minimum Gasteiger partial charge on any atom is -0.478 e. The lowest BCUT2D eigenvalue weighted by atomic mass is 10.0. The summed E-state index contributed by atoms with van der Waals surface area (Å²) < 4.78 is 5.42. The fourth-order valence-corrected chi connectivity index (χ4v) is 3.09. The van der Waals surface area contributed by atoms with Gasteiger partial charge in [0.25, 0.3) is 0 Å². The van der Waals surface area contributed by atoms with E-state index in [4.69, 9.17) is 4.74 Å². The average molecular weight is 316 g/mol. The Morgan fingerprint density at radius 1 is 1.35 bits per heavy atom. The van der Waals surface area contributed by atoms with E-state index in [1.165, 1.54) is 0 Å². The van der Waals surface area contributed by atoms with Crippen LogP contribution in [0.15, 0.2) is 24.4 Å². The molecule has 0 saturated carbocycles. The Balaban J connectivity index is 1.52. The van der Waals surface area contributed by atoms with Crippen LogP contribution in [0.3, 0.4) is 0 Å². The Kier molecular flexibility index (Phi) is 5.10. The maximum atomic E-state index is 12.4. The van der Waals surface area contributed by atoms with Crippen molar-refractivity contribution in [2.75, 3.05) is 37.7 Å². The van der Waals surface area contributed by atoms with Gasteiger partial charge in [-0.15, -0.1) is 0 Å². The first-order valence-corrected chi connectivity index (χ1v) is 8.41. The van der Waals surface area contributed by atoms with Gasteiger partial charge in [0, 0.05) is 44.9 Å². The third-order valence-electron chi connectivity index (χ3n) is 4.37. The molecule has 1 fully saturated rings. The maximum absolute atomic E-state index is 12.4. The summed E-state index contributed by atoms with van der Waals surface area (Å²) in [6.45, 7) is 5.53. The SMILES string of the molecule is CCOc1ccnc(N2CCN(C(=O)C[C@H]3C=CCC3)CC2)n1. The number of hydrogen-bond donors (Lipinski definition) is 0. The van der Waals surface area contributed by atoms with Gasteiger partial charge in [0.1, 0.15) is 0 Å². The number of amides is 1. The van der Waals surface area contributed by atoms with Gasteiger partial charge in [-0.1, -0.05) is 12.2 Å². The van der Waals surface area contributed by atoms with Gasteiger partial charge in [-0.2, -0.15) is 4.98 Å². The van der Waals surface area contributed by atoms with E-state index in [-0.39, 0.29) is 5.91 Å². The van der Waals surface area contributed by atoms with Gasteiger partial charge in [0.05, 0.1) is 6.61 Å². The minimum absolute atomic E-state index is 0.269. The summed E-state index contributed by atoms with van der Waals surface area (Å²) in [5.41, 5.74) is 0. The number of carbonyl (C=O) groups excluding carboxylic acids is 1. The van der Waals surface area contributed by atoms with Gasteiger partial charge in [-0.25, -0.2) is 4.98 Å². The van der Waals surface area contributed by atoms with Crippen molar-refractivity contribution < 1.29 is 9.53 Å². The highest BCUT2D eigenvalue weighted by atomic mass is 16.5. The number of carbonyl (C=O) groups is 1. The molecule has 124 valence electrons. The van der Waals surface area contributed by atoms with Crippen LogP contribution in [0.4, 0.5) is 5.95 Å². The normalized spacial score (nSPS) is 20.8. The number of anilines is 1. The van der Waals surface area contributed by atoms with Crippen molar-refractivity contribution in [1.29, 1.82) is 0 Å². The molecule has 1 aromatic rings. The van der Waals surface area contributed by atoms with Crippen molar-refractivity contribution in [3.05, 3.63) is 24.4 Å². The summed E-state index contributed by atoms with van der Waals surface area (Å²) in [4.78, 5) is 25.2. The fraction of sp³-hybridized carbons (Fsp3) is 0.588. The lowest BCUT2D eigenvalue weighted by molar-refractivity contribution is -0.132. The van der Waals surface area contributed by atoms with Gasteiger partial charge in [0.15, 0.2) is 0 Å². The molecule has 0 aromatic carbocycles. The molecule has 6 heteroatoms. The highest BCUT2D eigenvalue weighted by Gasteiger charge is 2.24. The Labute approximate surface area is 137 Å². The quantitative estimate of drug-likeness (QED) is 0.776. The van der Waals surface area contributed by atoms with Crippen molar-refractivity contribution in [3.63, 3.8) is 0 Å². The number of piperazine rings is 1. The number of nitrogens with zero attached hydrogens (tertiary/aromatic N) is 4. The van der Waals surface area contributed by atoms with Crippen molar-refractivity contribution in [2.24, 2.45) is 5.92 Å². The molecule has 6 nitrogen and oxygen atoms in total. The standard InChI is InChI=1S/C17H24N4O2/c1-2-23-15-7-8-18-17(19-15)21-11-9-20(10-12-21)16(22)13-14-5-3-4-6-14/h3,5,7-8,14H,2,4,6,9-13H2,1H3/t14-/m0/s1. The Morgan fingerprint density at radius 2 is 2.17 bits per heavy atom. The highest BCUT2D eigenvalue weighted by Crippen LogP contribution is 2.22. The van der Waals surface area contributed by atoms with Gasteiger partial charge in [-0.05, 0) is 25.7 Å². The minimum atomic E-state index is 0.269. The molecule has 1 aromatic heterocycles. The van der Waals surface area contributed by atoms with E-state index in [0.717, 1.165) is 39.0 Å². The number of rotatable bonds is 5. The summed E-state index contributed by atoms with van der Waals surface area (Å²) in [5, 5.41) is 0. The molecule has 0 unspecified atom stereocenters. The summed E-state index contributed by atoms with van der Waals surface area (Å²) in [7, 11) is 0. The van der Waals surface area contributed by atoms with E-state index in [1.54, 1.807) is 12.3 Å². The van der Waals surface area contributed by atoms with Crippen molar-refractivity contribution in [1.82, 2.24) is 14.9 Å². The van der Waals surface area contributed by atoms with Crippen molar-refractivity contribution in [2.45, 2.75) is 26.2 Å². The van der Waals surface area contributed by atoms with E-state index >= 15 is 0 Å². The van der Waals surface area contributed by atoms with Crippen LogP contribution in [0.2, 0.25) is 0 Å². The van der Waals surface area contributed by atoms with Gasteiger partial charge < -0.3 is 14.5 Å². The molecular formula is C17H24N4O2. The summed E-state index contributed by atoms with van der Waals surface area (Å²) in [6.07, 6.45) is 8.95. The molecular weight excluding hydrogens is 292 g/mol. The van der Waals surface area contributed by atoms with Gasteiger partial charge in [-0.3, -0.25) is 4.79 Å². The lowest BCUT2D eigenvalue weighted by Gasteiger charge is -2.35. The predicted octanol–water partition coefficient (Wildman–Crippen LogP) is 1.88. The Morgan fingerprint density at radius 3 is 2.87 bits per heavy atom.